The van der Waals surface area contributed by atoms with Crippen molar-refractivity contribution >= 4 is 159 Å². The molecular weight excluding hydrogens is 979 g/mol. The van der Waals surface area contributed by atoms with Crippen molar-refractivity contribution < 1.29 is 0 Å². The van der Waals surface area contributed by atoms with Crippen molar-refractivity contribution in [1.29, 1.82) is 0 Å². The van der Waals surface area contributed by atoms with E-state index in [1.807, 2.05) is 0 Å². The number of hydrogen-bond acceptors (Lipinski definition) is 0. The molecule has 50 heavy (non-hydrogen) atoms. The molecule has 0 rings (SSSR count). The van der Waals surface area contributed by atoms with E-state index in [1.54, 1.807) is 0 Å². The van der Waals surface area contributed by atoms with Crippen LogP contribution in [-0.4, -0.2) is 159 Å². The molecule has 0 nitrogen and oxygen atoms in total. The van der Waals surface area contributed by atoms with Crippen molar-refractivity contribution in [2.45, 2.75) is 210 Å². The Labute approximate surface area is 364 Å². The summed E-state index contributed by atoms with van der Waals surface area (Å²) in [6.07, 6.45) is 0. The fourth-order valence-corrected chi connectivity index (χ4v) is 380. The van der Waals surface area contributed by atoms with Gasteiger partial charge in [-0.3, -0.25) is 0 Å². The second kappa shape index (κ2) is 24.0. The van der Waals surface area contributed by atoms with E-state index in [0.29, 0.717) is 0 Å². The van der Waals surface area contributed by atoms with Crippen LogP contribution in [0.4, 0.5) is 0 Å². The van der Waals surface area contributed by atoms with Gasteiger partial charge in [0.1, 0.15) is 0 Å². The molecule has 296 valence electrons. The van der Waals surface area contributed by atoms with Gasteiger partial charge in [-0.15, -0.1) is 0 Å². The molecule has 0 aromatic heterocycles. The van der Waals surface area contributed by atoms with E-state index in [9.17, 15) is 0 Å². The summed E-state index contributed by atoms with van der Waals surface area (Å²) in [5.74, 6) is 0. The van der Waals surface area contributed by atoms with E-state index < -0.39 is 74.0 Å². The minimum Gasteiger partial charge on any atom is -0.0739 e. The second-order valence-electron chi connectivity index (χ2n) is 24.0. The summed E-state index contributed by atoms with van der Waals surface area (Å²) in [6.45, 7) is 84.3. The van der Waals surface area contributed by atoms with Crippen LogP contribution in [0, 0.1) is 0 Å². The third kappa shape index (κ3) is 28.1. The Morgan fingerprint density at radius 2 is 0.400 bits per heavy atom. The fourth-order valence-electron chi connectivity index (χ4n) is 8.81. The van der Waals surface area contributed by atoms with Crippen LogP contribution in [0.15, 0.2) is 0 Å². The Morgan fingerprint density at radius 3 is 0.480 bits per heavy atom. The van der Waals surface area contributed by atoms with Crippen molar-refractivity contribution in [2.75, 3.05) is 0 Å². The zero-order valence-corrected chi connectivity index (χ0v) is 61.2. The summed E-state index contributed by atoms with van der Waals surface area (Å²) in [5, 5.41) is 0. The van der Waals surface area contributed by atoms with Gasteiger partial charge in [0.25, 0.3) is 0 Å². The van der Waals surface area contributed by atoms with Crippen LogP contribution in [0.25, 0.3) is 0 Å². The average Bonchev–Trinajstić information content (AvgIpc) is 2.57. The Hall–Kier alpha value is 4.56. The first-order valence-corrected chi connectivity index (χ1v) is 75.0. The molecule has 0 aromatic rings. The molecule has 0 bridgehead atoms. The average molecular weight is 1080 g/mol. The van der Waals surface area contributed by atoms with Crippen molar-refractivity contribution in [3.05, 3.63) is 0 Å². The zero-order valence-electron chi connectivity index (χ0n) is 41.0. The topological polar surface area (TPSA) is 0 Å². The normalized spacial score (nSPS) is 14.2. The molecule has 0 aromatic carbocycles. The van der Waals surface area contributed by atoms with Gasteiger partial charge >= 0.3 is 0 Å². The van der Waals surface area contributed by atoms with Gasteiger partial charge < -0.3 is 0 Å². The van der Waals surface area contributed by atoms with Gasteiger partial charge in [-0.05, 0) is 0 Å². The van der Waals surface area contributed by atoms with Crippen molar-refractivity contribution in [2.24, 2.45) is 0 Å². The Balaban J connectivity index is -0.000000154. The first-order valence-electron chi connectivity index (χ1n) is 19.0. The third-order valence-electron chi connectivity index (χ3n) is 8.75. The molecule has 18 heteroatoms. The number of hydrogen-bond donors (Lipinski definition) is 0. The molecule has 0 saturated carbocycles. The van der Waals surface area contributed by atoms with Crippen LogP contribution in [0.5, 0.6) is 0 Å². The van der Waals surface area contributed by atoms with Crippen LogP contribution in [0.3, 0.4) is 0 Å². The largest absolute Gasteiger partial charge is 0.0739 e. The molecule has 0 atom stereocenters. The van der Waals surface area contributed by atoms with Crippen LogP contribution in [0.2, 0.25) is 210 Å². The van der Waals surface area contributed by atoms with E-state index in [4.69, 9.17) is 0 Å². The van der Waals surface area contributed by atoms with E-state index >= 15 is 0 Å². The van der Waals surface area contributed by atoms with Gasteiger partial charge in [0, 0.05) is 159 Å². The molecule has 0 N–H and O–H groups in total. The quantitative estimate of drug-likeness (QED) is 0.171. The summed E-state index contributed by atoms with van der Waals surface area (Å²) in [7, 11) is -6.86. The Kier molecular flexibility index (Phi) is 31.8. The predicted molar refractivity (Wildman–Crippen MR) is 291 cm³/mol. The molecule has 0 aliphatic heterocycles. The molecule has 0 aliphatic rings. The number of rotatable bonds is 12. The molecule has 0 unspecified atom stereocenters. The molecule has 0 saturated heterocycles. The minimum atomic E-state index is -1.03. The fraction of sp³-hybridized carbons (Fsp3) is 1.00. The van der Waals surface area contributed by atoms with Gasteiger partial charge in [0.2, 0.25) is 0 Å². The standard InChI is InChI=1S/2C13H39Si7.2C3H9Si.2Ge/c2*1-16(2,3)14-19(10,11)20(12,13)15(17(4,5)6)18(7,8)9;2*1-4(2)3;;/h2*1-13H3;2*1-3H3;;. The van der Waals surface area contributed by atoms with Gasteiger partial charge in [-0.1, -0.05) is 210 Å². The van der Waals surface area contributed by atoms with E-state index in [1.165, 1.54) is 17.1 Å². The van der Waals surface area contributed by atoms with Gasteiger partial charge in [-0.2, -0.15) is 0 Å². The van der Waals surface area contributed by atoms with E-state index in [0.717, 1.165) is 0 Å². The summed E-state index contributed by atoms with van der Waals surface area (Å²) in [4.78, 5) is 0. The van der Waals surface area contributed by atoms with Gasteiger partial charge in [-0.25, -0.2) is 0 Å². The van der Waals surface area contributed by atoms with Gasteiger partial charge in [0.05, 0.1) is 0 Å². The van der Waals surface area contributed by atoms with Crippen LogP contribution >= 0.6 is 0 Å². The smallest absolute Gasteiger partial charge is 0.0379 e. The first-order chi connectivity index (χ1) is 20.1. The maximum Gasteiger partial charge on any atom is 0.0379 e. The molecular formula is C32H96Ge2Si16. The van der Waals surface area contributed by atoms with Crippen molar-refractivity contribution in [3.63, 3.8) is 0 Å². The summed E-state index contributed by atoms with van der Waals surface area (Å²) in [5.41, 5.74) is 0. The molecule has 16 radical (unpaired) electrons. The van der Waals surface area contributed by atoms with Gasteiger partial charge in [0.15, 0.2) is 0 Å². The van der Waals surface area contributed by atoms with E-state index in [-0.39, 0.29) is 67.5 Å². The maximum absolute atomic E-state index is 2.84. The van der Waals surface area contributed by atoms with Crippen molar-refractivity contribution in [1.82, 2.24) is 0 Å². The molecule has 0 spiro atoms. The zero-order chi connectivity index (χ0) is 40.7. The Bertz CT molecular complexity index is 791. The van der Waals surface area contributed by atoms with Crippen LogP contribution in [-0.2, 0) is 0 Å². The SMILES string of the molecule is C[Si](C)(C)[Si][Si](C)(C)[Si](C)(C)[Si]([Si](C)(C)C)[Si](C)(C)C.C[Si](C)(C)[Si][Si](C)(C)[Si](C)(C)[Si]([Si](C)(C)C)[Si](C)(C)C.C[Si](C)C.C[Si](C)C.[Ge].[Ge]. The first kappa shape index (κ1) is 66.4. The van der Waals surface area contributed by atoms with Crippen molar-refractivity contribution in [3.8, 4) is 0 Å². The monoisotopic (exact) mass is 1080 g/mol. The predicted octanol–water partition coefficient (Wildman–Crippen LogP) is 11.8. The summed E-state index contributed by atoms with van der Waals surface area (Å²) < 4.78 is 0. The van der Waals surface area contributed by atoms with E-state index in [2.05, 4.69) is 210 Å². The van der Waals surface area contributed by atoms with Crippen LogP contribution in [0.1, 0.15) is 0 Å². The Morgan fingerprint density at radius 1 is 0.280 bits per heavy atom. The molecule has 0 fully saturated rings. The third-order valence-corrected chi connectivity index (χ3v) is 227. The minimum absolute atomic E-state index is 0. The molecule has 0 heterocycles. The molecule has 0 amide bonds. The summed E-state index contributed by atoms with van der Waals surface area (Å²) >= 11 is 0. The maximum atomic E-state index is 2.84. The summed E-state index contributed by atoms with van der Waals surface area (Å²) in [6, 6.07) is 0. The van der Waals surface area contributed by atoms with Crippen LogP contribution < -0.4 is 0 Å². The molecule has 0 aliphatic carbocycles. The second-order valence-corrected chi connectivity index (χ2v) is 159.